The summed E-state index contributed by atoms with van der Waals surface area (Å²) in [6.45, 7) is 0.476. The van der Waals surface area contributed by atoms with E-state index in [-0.39, 0.29) is 5.75 Å². The molecule has 60 valence electrons. The molecule has 0 radical (unpaired) electrons. The maximum Gasteiger partial charge on any atom is 0.147 e. The first kappa shape index (κ1) is 9.65. The molecule has 2 N–H and O–H groups in total. The standard InChI is InChI=1S/C6H13NO2S/c1-10(8,9)6-4-2-3-5-7/h2-3H,4-7H2,1H3/b3-2+. The van der Waals surface area contributed by atoms with Gasteiger partial charge < -0.3 is 5.73 Å². The van der Waals surface area contributed by atoms with E-state index in [1.165, 1.54) is 6.26 Å². The Bertz CT molecular complexity index is 194. The molecule has 0 bridgehead atoms. The minimum atomic E-state index is -2.80. The van der Waals surface area contributed by atoms with E-state index < -0.39 is 9.84 Å². The summed E-state index contributed by atoms with van der Waals surface area (Å²) in [5.41, 5.74) is 5.14. The summed E-state index contributed by atoms with van der Waals surface area (Å²) in [4.78, 5) is 0. The lowest BCUT2D eigenvalue weighted by molar-refractivity contribution is 0.601. The summed E-state index contributed by atoms with van der Waals surface area (Å²) in [5, 5.41) is 0. The molecule has 0 saturated carbocycles. The zero-order chi connectivity index (χ0) is 8.04. The molecule has 0 aromatic heterocycles. The smallest absolute Gasteiger partial charge is 0.147 e. The van der Waals surface area contributed by atoms with Crippen molar-refractivity contribution in [2.75, 3.05) is 18.6 Å². The van der Waals surface area contributed by atoms with Gasteiger partial charge in [0.2, 0.25) is 0 Å². The summed E-state index contributed by atoms with van der Waals surface area (Å²) in [6, 6.07) is 0. The summed E-state index contributed by atoms with van der Waals surface area (Å²) >= 11 is 0. The van der Waals surface area contributed by atoms with Crippen molar-refractivity contribution in [2.24, 2.45) is 5.73 Å². The fraction of sp³-hybridized carbons (Fsp3) is 0.667. The first-order valence-electron chi connectivity index (χ1n) is 3.09. The van der Waals surface area contributed by atoms with Gasteiger partial charge in [0.15, 0.2) is 0 Å². The summed E-state index contributed by atoms with van der Waals surface area (Å²) in [6.07, 6.45) is 5.32. The highest BCUT2D eigenvalue weighted by Gasteiger charge is 1.97. The number of rotatable bonds is 4. The molecule has 10 heavy (non-hydrogen) atoms. The Morgan fingerprint density at radius 2 is 2.00 bits per heavy atom. The molecule has 3 nitrogen and oxygen atoms in total. The van der Waals surface area contributed by atoms with Crippen LogP contribution in [0.5, 0.6) is 0 Å². The third kappa shape index (κ3) is 7.65. The van der Waals surface area contributed by atoms with Gasteiger partial charge in [-0.25, -0.2) is 8.42 Å². The fourth-order valence-corrected chi connectivity index (χ4v) is 1.06. The summed E-state index contributed by atoms with van der Waals surface area (Å²) < 4.78 is 21.1. The Kier molecular flexibility index (Phi) is 4.31. The van der Waals surface area contributed by atoms with Crippen molar-refractivity contribution >= 4 is 9.84 Å². The number of hydrogen-bond donors (Lipinski definition) is 1. The molecule has 0 heterocycles. The van der Waals surface area contributed by atoms with Gasteiger partial charge in [0.1, 0.15) is 9.84 Å². The maximum atomic E-state index is 10.5. The topological polar surface area (TPSA) is 60.2 Å². The van der Waals surface area contributed by atoms with Gasteiger partial charge >= 0.3 is 0 Å². The van der Waals surface area contributed by atoms with E-state index in [0.29, 0.717) is 13.0 Å². The first-order chi connectivity index (χ1) is 4.56. The van der Waals surface area contributed by atoms with Crippen molar-refractivity contribution in [1.29, 1.82) is 0 Å². The van der Waals surface area contributed by atoms with Gasteiger partial charge in [-0.3, -0.25) is 0 Å². The van der Waals surface area contributed by atoms with Crippen molar-refractivity contribution in [3.05, 3.63) is 12.2 Å². The van der Waals surface area contributed by atoms with Crippen LogP contribution in [0.15, 0.2) is 12.2 Å². The Hall–Kier alpha value is -0.350. The van der Waals surface area contributed by atoms with Gasteiger partial charge in [0.25, 0.3) is 0 Å². The second-order valence-corrected chi connectivity index (χ2v) is 4.39. The molecule has 0 rings (SSSR count). The largest absolute Gasteiger partial charge is 0.327 e. The van der Waals surface area contributed by atoms with Crippen LogP contribution in [-0.4, -0.2) is 27.0 Å². The minimum Gasteiger partial charge on any atom is -0.327 e. The first-order valence-corrected chi connectivity index (χ1v) is 5.15. The third-order valence-electron chi connectivity index (χ3n) is 0.958. The summed E-state index contributed by atoms with van der Waals surface area (Å²) in [5.74, 6) is 0.212. The highest BCUT2D eigenvalue weighted by atomic mass is 32.2. The van der Waals surface area contributed by atoms with Crippen LogP contribution in [-0.2, 0) is 9.84 Å². The molecule has 0 spiro atoms. The molecule has 0 saturated heterocycles. The molecular formula is C6H13NO2S. The molecule has 0 aromatic carbocycles. The molecule has 0 aromatic rings. The Labute approximate surface area is 61.8 Å². The highest BCUT2D eigenvalue weighted by Crippen LogP contribution is 1.89. The van der Waals surface area contributed by atoms with E-state index in [0.717, 1.165) is 0 Å². The van der Waals surface area contributed by atoms with Crippen molar-refractivity contribution in [2.45, 2.75) is 6.42 Å². The Morgan fingerprint density at radius 3 is 2.40 bits per heavy atom. The number of nitrogens with two attached hydrogens (primary N) is 1. The van der Waals surface area contributed by atoms with Crippen LogP contribution in [0.4, 0.5) is 0 Å². The predicted molar refractivity (Wildman–Crippen MR) is 42.5 cm³/mol. The van der Waals surface area contributed by atoms with Crippen LogP contribution < -0.4 is 5.73 Å². The molecule has 0 aliphatic heterocycles. The van der Waals surface area contributed by atoms with Gasteiger partial charge in [-0.15, -0.1) is 0 Å². The second-order valence-electron chi connectivity index (χ2n) is 2.13. The van der Waals surface area contributed by atoms with Gasteiger partial charge in [-0.1, -0.05) is 12.2 Å². The van der Waals surface area contributed by atoms with Gasteiger partial charge in [0, 0.05) is 12.8 Å². The number of allylic oxidation sites excluding steroid dienone is 1. The maximum absolute atomic E-state index is 10.5. The van der Waals surface area contributed by atoms with E-state index in [1.807, 2.05) is 0 Å². The molecule has 0 atom stereocenters. The Morgan fingerprint density at radius 1 is 1.40 bits per heavy atom. The fourth-order valence-electron chi connectivity index (χ4n) is 0.496. The van der Waals surface area contributed by atoms with Crippen molar-refractivity contribution < 1.29 is 8.42 Å². The molecule has 0 amide bonds. The minimum absolute atomic E-state index is 0.212. The van der Waals surface area contributed by atoms with Crippen LogP contribution >= 0.6 is 0 Å². The Balaban J connectivity index is 3.48. The lowest BCUT2D eigenvalue weighted by Gasteiger charge is -1.90. The van der Waals surface area contributed by atoms with Crippen LogP contribution in [0.2, 0.25) is 0 Å². The molecular weight excluding hydrogens is 150 g/mol. The van der Waals surface area contributed by atoms with Crippen molar-refractivity contribution in [3.63, 3.8) is 0 Å². The zero-order valence-corrected chi connectivity index (χ0v) is 6.89. The van der Waals surface area contributed by atoms with E-state index >= 15 is 0 Å². The predicted octanol–water partition coefficient (Wildman–Crippen LogP) is -0.0640. The normalized spacial score (nSPS) is 12.6. The lowest BCUT2D eigenvalue weighted by Crippen LogP contribution is -2.01. The molecule has 0 unspecified atom stereocenters. The van der Waals surface area contributed by atoms with Crippen molar-refractivity contribution in [1.82, 2.24) is 0 Å². The quantitative estimate of drug-likeness (QED) is 0.590. The molecule has 4 heteroatoms. The van der Waals surface area contributed by atoms with E-state index in [4.69, 9.17) is 5.73 Å². The van der Waals surface area contributed by atoms with Crippen LogP contribution in [0.3, 0.4) is 0 Å². The van der Waals surface area contributed by atoms with Crippen LogP contribution in [0.25, 0.3) is 0 Å². The number of sulfone groups is 1. The van der Waals surface area contributed by atoms with Gasteiger partial charge in [0.05, 0.1) is 5.75 Å². The molecule has 0 aliphatic carbocycles. The number of hydrogen-bond acceptors (Lipinski definition) is 3. The third-order valence-corrected chi connectivity index (χ3v) is 1.94. The molecule has 0 aliphatic rings. The second kappa shape index (κ2) is 4.46. The van der Waals surface area contributed by atoms with Gasteiger partial charge in [-0.05, 0) is 6.42 Å². The monoisotopic (exact) mass is 163 g/mol. The lowest BCUT2D eigenvalue weighted by atomic mass is 10.4. The van der Waals surface area contributed by atoms with Gasteiger partial charge in [-0.2, -0.15) is 0 Å². The van der Waals surface area contributed by atoms with Crippen LogP contribution in [0.1, 0.15) is 6.42 Å². The molecule has 0 fully saturated rings. The SMILES string of the molecule is CS(=O)(=O)CC/C=C/CN. The highest BCUT2D eigenvalue weighted by molar-refractivity contribution is 7.90. The van der Waals surface area contributed by atoms with E-state index in [2.05, 4.69) is 0 Å². The zero-order valence-electron chi connectivity index (χ0n) is 6.08. The van der Waals surface area contributed by atoms with E-state index in [1.54, 1.807) is 12.2 Å². The summed E-state index contributed by atoms with van der Waals surface area (Å²) in [7, 11) is -2.80. The average molecular weight is 163 g/mol. The van der Waals surface area contributed by atoms with Crippen LogP contribution in [0, 0.1) is 0 Å². The average Bonchev–Trinajstić information content (AvgIpc) is 1.78. The van der Waals surface area contributed by atoms with Crippen molar-refractivity contribution in [3.8, 4) is 0 Å². The van der Waals surface area contributed by atoms with E-state index in [9.17, 15) is 8.42 Å².